The van der Waals surface area contributed by atoms with Gasteiger partial charge in [-0.25, -0.2) is 0 Å². The van der Waals surface area contributed by atoms with E-state index in [0.29, 0.717) is 17.4 Å². The maximum Gasteiger partial charge on any atom is 0.300 e. The molecule has 2 heterocycles. The number of anilines is 2. The topological polar surface area (TPSA) is 56.5 Å². The number of aromatic nitrogens is 1. The van der Waals surface area contributed by atoms with E-state index in [1.165, 1.54) is 5.57 Å². The lowest BCUT2D eigenvalue weighted by molar-refractivity contribution is 0.273. The minimum absolute atomic E-state index is 0.455. The smallest absolute Gasteiger partial charge is 0.300 e. The average Bonchev–Trinajstić information content (AvgIpc) is 3.17. The molecular formula is C24H20N2O3. The molecule has 5 rings (SSSR count). The van der Waals surface area contributed by atoms with E-state index in [4.69, 9.17) is 13.9 Å². The number of nitrogens with one attached hydrogen (secondary N) is 1. The zero-order valence-electron chi connectivity index (χ0n) is 15.8. The molecule has 1 aliphatic carbocycles. The number of hydrogen-bond donors (Lipinski definition) is 1. The predicted octanol–water partition coefficient (Wildman–Crippen LogP) is 6.42. The average molecular weight is 384 g/mol. The first kappa shape index (κ1) is 17.4. The first-order valence-corrected chi connectivity index (χ1v) is 9.64. The molecule has 144 valence electrons. The van der Waals surface area contributed by atoms with Crippen molar-refractivity contribution < 1.29 is 13.9 Å². The van der Waals surface area contributed by atoms with Gasteiger partial charge in [-0.15, -0.1) is 0 Å². The van der Waals surface area contributed by atoms with Crippen molar-refractivity contribution in [2.45, 2.75) is 19.3 Å². The quantitative estimate of drug-likeness (QED) is 0.550. The van der Waals surface area contributed by atoms with Gasteiger partial charge >= 0.3 is 0 Å². The van der Waals surface area contributed by atoms with Crippen LogP contribution in [-0.2, 0) is 9.47 Å². The fourth-order valence-electron chi connectivity index (χ4n) is 3.37. The largest absolute Gasteiger partial charge is 0.465 e. The van der Waals surface area contributed by atoms with Crippen molar-refractivity contribution in [2.24, 2.45) is 0 Å². The van der Waals surface area contributed by atoms with Crippen LogP contribution in [0.3, 0.4) is 0 Å². The molecular weight excluding hydrogens is 364 g/mol. The SMILES string of the molecule is C1=CCCC(CC2=COC=C(c3ccc4oc(Nc5ccccc5)nc4c3)O2)=C1. The van der Waals surface area contributed by atoms with E-state index in [1.807, 2.05) is 48.5 Å². The Hall–Kier alpha value is -3.73. The highest BCUT2D eigenvalue weighted by molar-refractivity contribution is 5.80. The molecule has 3 aromatic rings. The second-order valence-electron chi connectivity index (χ2n) is 6.97. The van der Waals surface area contributed by atoms with E-state index in [2.05, 4.69) is 28.5 Å². The Morgan fingerprint density at radius 1 is 1.03 bits per heavy atom. The molecule has 1 aromatic heterocycles. The van der Waals surface area contributed by atoms with Gasteiger partial charge in [0.25, 0.3) is 6.01 Å². The number of para-hydroxylation sites is 1. The minimum Gasteiger partial charge on any atom is -0.465 e. The van der Waals surface area contributed by atoms with Crippen LogP contribution in [0.25, 0.3) is 16.9 Å². The van der Waals surface area contributed by atoms with Crippen LogP contribution in [0.15, 0.2) is 95.0 Å². The molecule has 0 saturated carbocycles. The summed E-state index contributed by atoms with van der Waals surface area (Å²) < 4.78 is 17.4. The van der Waals surface area contributed by atoms with Crippen LogP contribution in [-0.4, -0.2) is 4.98 Å². The third-order valence-electron chi connectivity index (χ3n) is 4.81. The molecule has 0 radical (unpaired) electrons. The van der Waals surface area contributed by atoms with Gasteiger partial charge in [-0.1, -0.05) is 42.0 Å². The summed E-state index contributed by atoms with van der Waals surface area (Å²) in [7, 11) is 0. The van der Waals surface area contributed by atoms with E-state index in [0.717, 1.165) is 41.8 Å². The fourth-order valence-corrected chi connectivity index (χ4v) is 3.37. The van der Waals surface area contributed by atoms with Gasteiger partial charge < -0.3 is 19.2 Å². The highest BCUT2D eigenvalue weighted by Gasteiger charge is 2.16. The Kier molecular flexibility index (Phi) is 4.62. The van der Waals surface area contributed by atoms with E-state index >= 15 is 0 Å². The second kappa shape index (κ2) is 7.72. The van der Waals surface area contributed by atoms with Crippen molar-refractivity contribution in [2.75, 3.05) is 5.32 Å². The van der Waals surface area contributed by atoms with Gasteiger partial charge in [0.05, 0.1) is 0 Å². The molecule has 0 saturated heterocycles. The van der Waals surface area contributed by atoms with E-state index in [9.17, 15) is 0 Å². The molecule has 2 aromatic carbocycles. The van der Waals surface area contributed by atoms with Crippen LogP contribution in [0.4, 0.5) is 11.7 Å². The van der Waals surface area contributed by atoms with Crippen molar-refractivity contribution in [3.8, 4) is 0 Å². The number of oxazole rings is 1. The zero-order valence-corrected chi connectivity index (χ0v) is 15.8. The maximum atomic E-state index is 6.08. The van der Waals surface area contributed by atoms with Crippen molar-refractivity contribution >= 4 is 28.6 Å². The second-order valence-corrected chi connectivity index (χ2v) is 6.97. The number of ether oxygens (including phenoxy) is 2. The Morgan fingerprint density at radius 2 is 1.97 bits per heavy atom. The molecule has 0 bridgehead atoms. The molecule has 0 spiro atoms. The van der Waals surface area contributed by atoms with Gasteiger partial charge in [0.1, 0.15) is 23.8 Å². The summed E-state index contributed by atoms with van der Waals surface area (Å²) in [4.78, 5) is 4.54. The highest BCUT2D eigenvalue weighted by Crippen LogP contribution is 2.31. The lowest BCUT2D eigenvalue weighted by Gasteiger charge is -2.18. The summed E-state index contributed by atoms with van der Waals surface area (Å²) in [5, 5.41) is 3.18. The molecule has 0 atom stereocenters. The van der Waals surface area contributed by atoms with E-state index in [1.54, 1.807) is 12.5 Å². The number of nitrogens with zero attached hydrogens (tertiary/aromatic N) is 1. The van der Waals surface area contributed by atoms with Crippen molar-refractivity contribution in [1.82, 2.24) is 4.98 Å². The van der Waals surface area contributed by atoms with Gasteiger partial charge in [-0.2, -0.15) is 4.98 Å². The number of fused-ring (bicyclic) bond motifs is 1. The van der Waals surface area contributed by atoms with Crippen molar-refractivity contribution in [3.05, 3.63) is 96.2 Å². The summed E-state index contributed by atoms with van der Waals surface area (Å²) in [6, 6.07) is 16.0. The minimum atomic E-state index is 0.455. The monoisotopic (exact) mass is 384 g/mol. The molecule has 2 aliphatic rings. The zero-order chi connectivity index (χ0) is 19.5. The summed E-state index contributed by atoms with van der Waals surface area (Å²) in [5.74, 6) is 1.47. The summed E-state index contributed by atoms with van der Waals surface area (Å²) in [6.07, 6.45) is 12.6. The summed E-state index contributed by atoms with van der Waals surface area (Å²) in [5.41, 5.74) is 4.61. The molecule has 1 N–H and O–H groups in total. The predicted molar refractivity (Wildman–Crippen MR) is 113 cm³/mol. The van der Waals surface area contributed by atoms with Crippen LogP contribution in [0.5, 0.6) is 0 Å². The third kappa shape index (κ3) is 3.94. The summed E-state index contributed by atoms with van der Waals surface area (Å²) in [6.45, 7) is 0. The van der Waals surface area contributed by atoms with Crippen molar-refractivity contribution in [3.63, 3.8) is 0 Å². The van der Waals surface area contributed by atoms with Gasteiger partial charge in [-0.05, 0) is 43.2 Å². The first-order valence-electron chi connectivity index (χ1n) is 9.64. The number of hydrogen-bond acceptors (Lipinski definition) is 5. The number of rotatable bonds is 5. The maximum absolute atomic E-state index is 6.08. The Balaban J connectivity index is 1.33. The standard InChI is InChI=1S/C24H20N2O3/c1-3-7-17(8-4-1)13-20-15-27-16-23(28-20)18-11-12-22-21(14-18)26-24(29-22)25-19-9-5-2-6-10-19/h1-3,5-7,9-12,14-16H,4,8,13H2,(H,25,26). The lowest BCUT2D eigenvalue weighted by Crippen LogP contribution is -2.01. The van der Waals surface area contributed by atoms with Crippen molar-refractivity contribution in [1.29, 1.82) is 0 Å². The fraction of sp³-hybridized carbons (Fsp3) is 0.125. The molecule has 0 amide bonds. The Morgan fingerprint density at radius 3 is 2.83 bits per heavy atom. The Bertz CT molecular complexity index is 1150. The van der Waals surface area contributed by atoms with Crippen LogP contribution in [0.2, 0.25) is 0 Å². The van der Waals surface area contributed by atoms with Crippen LogP contribution in [0.1, 0.15) is 24.8 Å². The molecule has 5 heteroatoms. The molecule has 29 heavy (non-hydrogen) atoms. The van der Waals surface area contributed by atoms with E-state index < -0.39 is 0 Å². The normalized spacial score (nSPS) is 15.8. The molecule has 0 unspecified atom stereocenters. The first-order chi connectivity index (χ1) is 14.3. The molecule has 5 nitrogen and oxygen atoms in total. The lowest BCUT2D eigenvalue weighted by atomic mass is 10.0. The van der Waals surface area contributed by atoms with Gasteiger partial charge in [0.15, 0.2) is 11.3 Å². The van der Waals surface area contributed by atoms with Crippen LogP contribution >= 0.6 is 0 Å². The third-order valence-corrected chi connectivity index (χ3v) is 4.81. The van der Waals surface area contributed by atoms with Gasteiger partial charge in [0.2, 0.25) is 0 Å². The van der Waals surface area contributed by atoms with Gasteiger partial charge in [-0.3, -0.25) is 0 Å². The molecule has 0 fully saturated rings. The Labute approximate surface area is 168 Å². The number of benzene rings is 2. The summed E-state index contributed by atoms with van der Waals surface area (Å²) >= 11 is 0. The number of allylic oxidation sites excluding steroid dienone is 4. The van der Waals surface area contributed by atoms with Crippen LogP contribution in [0, 0.1) is 0 Å². The van der Waals surface area contributed by atoms with E-state index in [-0.39, 0.29) is 0 Å². The highest BCUT2D eigenvalue weighted by atomic mass is 16.5. The van der Waals surface area contributed by atoms with Gasteiger partial charge in [0, 0.05) is 17.7 Å². The molecule has 1 aliphatic heterocycles. The van der Waals surface area contributed by atoms with Crippen LogP contribution < -0.4 is 5.32 Å².